The number of para-hydroxylation sites is 1. The molecule has 3 amide bonds. The summed E-state index contributed by atoms with van der Waals surface area (Å²) in [5.41, 5.74) is 15.4. The van der Waals surface area contributed by atoms with Crippen LogP contribution in [0.5, 0.6) is 0 Å². The van der Waals surface area contributed by atoms with Crippen LogP contribution in [-0.4, -0.2) is 41.3 Å². The largest absolute Gasteiger partial charge is 0.361 e. The molecular formula is C31H42N6O3. The second-order valence-electron chi connectivity index (χ2n) is 10.8. The van der Waals surface area contributed by atoms with Crippen molar-refractivity contribution in [3.63, 3.8) is 0 Å². The zero-order valence-electron chi connectivity index (χ0n) is 23.1. The van der Waals surface area contributed by atoms with Crippen LogP contribution in [0.4, 0.5) is 5.69 Å². The van der Waals surface area contributed by atoms with Gasteiger partial charge in [0.15, 0.2) is 0 Å². The predicted octanol–water partition coefficient (Wildman–Crippen LogP) is 3.49. The fourth-order valence-electron chi connectivity index (χ4n) is 5.30. The Hall–Kier alpha value is -3.69. The van der Waals surface area contributed by atoms with Gasteiger partial charge in [-0.05, 0) is 74.4 Å². The standard InChI is InChI=1S/C31H42N6O3/c32-17-7-6-12-28(37-30(39)26(33)18-23-20-34-27-11-5-4-10-25(23)27)31(40)36-24-15-13-21(14-16-24)19-35-29(38)22-8-2-1-3-9-22/h4-5,10-11,13-16,20,22,26,28,34H,1-3,6-9,12,17-19,32-33H2,(H,35,38)(H,36,40)(H,37,39)/t26-,28?/m0/s1. The molecule has 40 heavy (non-hydrogen) atoms. The van der Waals surface area contributed by atoms with Crippen LogP contribution >= 0.6 is 0 Å². The molecule has 0 aliphatic heterocycles. The van der Waals surface area contributed by atoms with Crippen molar-refractivity contribution < 1.29 is 14.4 Å². The second kappa shape index (κ2) is 14.6. The number of hydrogen-bond donors (Lipinski definition) is 6. The van der Waals surface area contributed by atoms with Crippen LogP contribution in [0.15, 0.2) is 54.7 Å². The van der Waals surface area contributed by atoms with Gasteiger partial charge in [-0.15, -0.1) is 0 Å². The Morgan fingerprint density at radius 1 is 0.950 bits per heavy atom. The molecule has 3 aromatic rings. The molecule has 1 fully saturated rings. The molecular weight excluding hydrogens is 504 g/mol. The van der Waals surface area contributed by atoms with Crippen LogP contribution in [0.3, 0.4) is 0 Å². The van der Waals surface area contributed by atoms with E-state index in [1.807, 2.05) is 54.7 Å². The van der Waals surface area contributed by atoms with E-state index in [1.54, 1.807) is 0 Å². The number of fused-ring (bicyclic) bond motifs is 1. The Bertz CT molecular complexity index is 1270. The SMILES string of the molecule is NCCCCC(NC(=O)[C@@H](N)Cc1c[nH]c2ccccc12)C(=O)Nc1ccc(CNC(=O)C2CCCCC2)cc1. The fraction of sp³-hybridized carbons (Fsp3) is 0.452. The normalized spacial score (nSPS) is 15.3. The van der Waals surface area contributed by atoms with E-state index in [1.165, 1.54) is 6.42 Å². The van der Waals surface area contributed by atoms with Gasteiger partial charge >= 0.3 is 0 Å². The Labute approximate surface area is 235 Å². The number of aromatic nitrogens is 1. The molecule has 1 aliphatic carbocycles. The minimum atomic E-state index is -0.799. The number of amides is 3. The number of nitrogens with one attached hydrogen (secondary N) is 4. The van der Waals surface area contributed by atoms with Gasteiger partial charge in [0.05, 0.1) is 6.04 Å². The molecule has 4 rings (SSSR count). The molecule has 1 aromatic heterocycles. The number of carbonyl (C=O) groups is 3. The molecule has 9 nitrogen and oxygen atoms in total. The lowest BCUT2D eigenvalue weighted by Crippen LogP contribution is -2.50. The van der Waals surface area contributed by atoms with Crippen LogP contribution in [0.25, 0.3) is 10.9 Å². The van der Waals surface area contributed by atoms with Crippen LogP contribution in [0.1, 0.15) is 62.5 Å². The molecule has 2 atom stereocenters. The van der Waals surface area contributed by atoms with Gasteiger partial charge in [-0.3, -0.25) is 14.4 Å². The number of anilines is 1. The van der Waals surface area contributed by atoms with E-state index in [4.69, 9.17) is 11.5 Å². The number of benzene rings is 2. The summed E-state index contributed by atoms with van der Waals surface area (Å²) in [7, 11) is 0. The monoisotopic (exact) mass is 546 g/mol. The zero-order chi connectivity index (χ0) is 28.3. The van der Waals surface area contributed by atoms with Crippen LogP contribution < -0.4 is 27.4 Å². The van der Waals surface area contributed by atoms with Crippen molar-refractivity contribution in [2.75, 3.05) is 11.9 Å². The molecule has 1 heterocycles. The number of carbonyl (C=O) groups excluding carboxylic acids is 3. The summed E-state index contributed by atoms with van der Waals surface area (Å²) in [5, 5.41) is 9.83. The molecule has 8 N–H and O–H groups in total. The lowest BCUT2D eigenvalue weighted by molar-refractivity contribution is -0.127. The van der Waals surface area contributed by atoms with Crippen molar-refractivity contribution in [3.8, 4) is 0 Å². The molecule has 0 bridgehead atoms. The Balaban J connectivity index is 1.31. The Morgan fingerprint density at radius 2 is 1.70 bits per heavy atom. The maximum absolute atomic E-state index is 13.2. The van der Waals surface area contributed by atoms with Crippen molar-refractivity contribution in [2.45, 2.75) is 76.4 Å². The smallest absolute Gasteiger partial charge is 0.246 e. The first-order valence-corrected chi connectivity index (χ1v) is 14.4. The minimum absolute atomic E-state index is 0.120. The van der Waals surface area contributed by atoms with E-state index in [9.17, 15) is 14.4 Å². The number of unbranched alkanes of at least 4 members (excludes halogenated alkanes) is 1. The van der Waals surface area contributed by atoms with Crippen molar-refractivity contribution in [2.24, 2.45) is 17.4 Å². The number of nitrogens with two attached hydrogens (primary N) is 2. The predicted molar refractivity (Wildman–Crippen MR) is 158 cm³/mol. The Morgan fingerprint density at radius 3 is 2.45 bits per heavy atom. The zero-order valence-corrected chi connectivity index (χ0v) is 23.1. The summed E-state index contributed by atoms with van der Waals surface area (Å²) in [6.45, 7) is 0.969. The van der Waals surface area contributed by atoms with Crippen molar-refractivity contribution in [1.82, 2.24) is 15.6 Å². The Kier molecular flexibility index (Phi) is 10.7. The van der Waals surface area contributed by atoms with Gasteiger partial charge in [0.1, 0.15) is 6.04 Å². The third-order valence-electron chi connectivity index (χ3n) is 7.70. The van der Waals surface area contributed by atoms with Gasteiger partial charge in [0, 0.05) is 35.2 Å². The quantitative estimate of drug-likeness (QED) is 0.181. The summed E-state index contributed by atoms with van der Waals surface area (Å²) < 4.78 is 0. The highest BCUT2D eigenvalue weighted by Crippen LogP contribution is 2.24. The van der Waals surface area contributed by atoms with Crippen molar-refractivity contribution in [3.05, 3.63) is 65.9 Å². The molecule has 9 heteroatoms. The van der Waals surface area contributed by atoms with E-state index in [-0.39, 0.29) is 23.6 Å². The van der Waals surface area contributed by atoms with Crippen LogP contribution in [-0.2, 0) is 27.3 Å². The van der Waals surface area contributed by atoms with Gasteiger partial charge in [-0.1, -0.05) is 49.6 Å². The summed E-state index contributed by atoms with van der Waals surface area (Å²) in [6, 6.07) is 13.7. The average Bonchev–Trinajstić information content (AvgIpc) is 3.39. The number of aromatic amines is 1. The molecule has 214 valence electrons. The molecule has 1 saturated carbocycles. The first-order valence-electron chi connectivity index (χ1n) is 14.4. The summed E-state index contributed by atoms with van der Waals surface area (Å²) in [5.74, 6) is -0.435. The van der Waals surface area contributed by atoms with E-state index in [0.717, 1.165) is 54.1 Å². The number of rotatable bonds is 13. The highest BCUT2D eigenvalue weighted by molar-refractivity contribution is 5.98. The van der Waals surface area contributed by atoms with Gasteiger partial charge in [-0.25, -0.2) is 0 Å². The van der Waals surface area contributed by atoms with E-state index >= 15 is 0 Å². The third kappa shape index (κ3) is 8.16. The van der Waals surface area contributed by atoms with Crippen molar-refractivity contribution in [1.29, 1.82) is 0 Å². The van der Waals surface area contributed by atoms with Crippen molar-refractivity contribution >= 4 is 34.3 Å². The fourth-order valence-corrected chi connectivity index (χ4v) is 5.30. The van der Waals surface area contributed by atoms with E-state index < -0.39 is 12.1 Å². The van der Waals surface area contributed by atoms with Crippen LogP contribution in [0.2, 0.25) is 0 Å². The maximum atomic E-state index is 13.2. The summed E-state index contributed by atoms with van der Waals surface area (Å²) >= 11 is 0. The van der Waals surface area contributed by atoms with Crippen LogP contribution in [0, 0.1) is 5.92 Å². The highest BCUT2D eigenvalue weighted by Gasteiger charge is 2.25. The molecule has 0 saturated heterocycles. The molecule has 0 spiro atoms. The first kappa shape index (κ1) is 29.3. The lowest BCUT2D eigenvalue weighted by atomic mass is 9.88. The van der Waals surface area contributed by atoms with Gasteiger partial charge < -0.3 is 32.4 Å². The maximum Gasteiger partial charge on any atom is 0.246 e. The lowest BCUT2D eigenvalue weighted by Gasteiger charge is -2.21. The number of hydrogen-bond acceptors (Lipinski definition) is 5. The topological polar surface area (TPSA) is 155 Å². The van der Waals surface area contributed by atoms with Gasteiger partial charge in [0.2, 0.25) is 17.7 Å². The first-order chi connectivity index (χ1) is 19.4. The van der Waals surface area contributed by atoms with E-state index in [0.29, 0.717) is 38.0 Å². The average molecular weight is 547 g/mol. The number of H-pyrrole nitrogens is 1. The highest BCUT2D eigenvalue weighted by atomic mass is 16.2. The van der Waals surface area contributed by atoms with Gasteiger partial charge in [-0.2, -0.15) is 0 Å². The summed E-state index contributed by atoms with van der Waals surface area (Å²) in [4.78, 5) is 41.8. The van der Waals surface area contributed by atoms with E-state index in [2.05, 4.69) is 20.9 Å². The van der Waals surface area contributed by atoms with Gasteiger partial charge in [0.25, 0.3) is 0 Å². The molecule has 0 radical (unpaired) electrons. The molecule has 1 aliphatic rings. The second-order valence-corrected chi connectivity index (χ2v) is 10.8. The molecule has 1 unspecified atom stereocenters. The molecule has 2 aromatic carbocycles. The third-order valence-corrected chi connectivity index (χ3v) is 7.70. The minimum Gasteiger partial charge on any atom is -0.361 e. The summed E-state index contributed by atoms with van der Waals surface area (Å²) in [6.07, 6.45) is 9.52.